The van der Waals surface area contributed by atoms with Gasteiger partial charge in [0.25, 0.3) is 0 Å². The molecule has 0 spiro atoms. The van der Waals surface area contributed by atoms with Crippen LogP contribution in [0.15, 0.2) is 0 Å². The summed E-state index contributed by atoms with van der Waals surface area (Å²) in [6, 6.07) is 0. The van der Waals surface area contributed by atoms with Crippen molar-refractivity contribution in [1.29, 1.82) is 0 Å². The third kappa shape index (κ3) is 3.84. The molecule has 1 aliphatic rings. The minimum absolute atomic E-state index is 0.0790. The molecule has 0 bridgehead atoms. The van der Waals surface area contributed by atoms with Crippen molar-refractivity contribution in [2.75, 3.05) is 20.3 Å². The van der Waals surface area contributed by atoms with Crippen LogP contribution >= 0.6 is 0 Å². The van der Waals surface area contributed by atoms with E-state index in [4.69, 9.17) is 9.84 Å². The maximum atomic E-state index is 11.1. The molecule has 1 heterocycles. The predicted molar refractivity (Wildman–Crippen MR) is 54.5 cm³/mol. The van der Waals surface area contributed by atoms with E-state index in [1.54, 1.807) is 0 Å². The summed E-state index contributed by atoms with van der Waals surface area (Å²) < 4.78 is 8.86. The van der Waals surface area contributed by atoms with Crippen LogP contribution < -0.4 is 0 Å². The third-order valence-electron chi connectivity index (χ3n) is 2.46. The molecule has 6 heteroatoms. The van der Waals surface area contributed by atoms with Gasteiger partial charge in [0.2, 0.25) is 0 Å². The Bertz CT molecular complexity index is 237. The maximum absolute atomic E-state index is 11.1. The molecule has 0 aromatic heterocycles. The molecule has 0 aromatic rings. The molecule has 0 radical (unpaired) electrons. The Morgan fingerprint density at radius 1 is 1.47 bits per heavy atom. The first kappa shape index (κ1) is 12.5. The Morgan fingerprint density at radius 2 is 2.07 bits per heavy atom. The Hall–Kier alpha value is -0.542. The fourth-order valence-electron chi connectivity index (χ4n) is 1.62. The van der Waals surface area contributed by atoms with Crippen LogP contribution in [0.2, 0.25) is 4.71 Å². The first-order chi connectivity index (χ1) is 7.15. The van der Waals surface area contributed by atoms with Crippen molar-refractivity contribution in [3.63, 3.8) is 0 Å². The minimum atomic E-state index is -1.23. The standard InChI is InChI=1S/C9H15AsO5/c1-14-9(13)10-7(8(11)12)6-2-4-15-5-3-6/h6-7,10H,2-5H2,1H3,(H,11,12)/t7-/m0/s1. The van der Waals surface area contributed by atoms with Crippen LogP contribution in [0.1, 0.15) is 12.8 Å². The van der Waals surface area contributed by atoms with Crippen molar-refractivity contribution >= 4 is 26.5 Å². The summed E-state index contributed by atoms with van der Waals surface area (Å²) in [5.74, 6) is -0.789. The molecule has 5 nitrogen and oxygen atoms in total. The summed E-state index contributed by atoms with van der Waals surface area (Å²) in [5.41, 5.74) is 0. The van der Waals surface area contributed by atoms with E-state index in [0.29, 0.717) is 13.2 Å². The van der Waals surface area contributed by atoms with E-state index in [9.17, 15) is 9.59 Å². The number of aliphatic carboxylic acids is 1. The second-order valence-corrected chi connectivity index (χ2v) is 6.17. The van der Waals surface area contributed by atoms with Gasteiger partial charge in [-0.2, -0.15) is 0 Å². The zero-order valence-electron chi connectivity index (χ0n) is 8.56. The van der Waals surface area contributed by atoms with Crippen molar-refractivity contribution < 1.29 is 24.2 Å². The summed E-state index contributed by atoms with van der Waals surface area (Å²) >= 11 is -1.23. The van der Waals surface area contributed by atoms with Gasteiger partial charge >= 0.3 is 94.4 Å². The molecule has 1 saturated heterocycles. The van der Waals surface area contributed by atoms with Gasteiger partial charge in [0.05, 0.1) is 0 Å². The van der Waals surface area contributed by atoms with Crippen molar-refractivity contribution in [3.8, 4) is 0 Å². The van der Waals surface area contributed by atoms with Crippen LogP contribution in [0, 0.1) is 5.92 Å². The van der Waals surface area contributed by atoms with E-state index in [2.05, 4.69) is 4.74 Å². The summed E-state index contributed by atoms with van der Waals surface area (Å²) in [6.07, 6.45) is 1.47. The Morgan fingerprint density at radius 3 is 2.53 bits per heavy atom. The third-order valence-corrected chi connectivity index (χ3v) is 5.54. The number of carboxylic acid groups (broad SMARTS) is 1. The van der Waals surface area contributed by atoms with Crippen LogP contribution in [-0.4, -0.2) is 51.9 Å². The monoisotopic (exact) mass is 278 g/mol. The zero-order chi connectivity index (χ0) is 11.3. The Kier molecular flexibility index (Phi) is 5.12. The SMILES string of the molecule is COC(=O)[AsH][C@H](C(=O)O)C1CCOCC1. The molecule has 15 heavy (non-hydrogen) atoms. The molecule has 1 rings (SSSR count). The van der Waals surface area contributed by atoms with E-state index in [1.165, 1.54) is 7.11 Å². The van der Waals surface area contributed by atoms with E-state index in [-0.39, 0.29) is 10.7 Å². The zero-order valence-corrected chi connectivity index (χ0v) is 10.7. The number of carbonyl (C=O) groups excluding carboxylic acids is 1. The molecule has 0 aromatic carbocycles. The molecular weight excluding hydrogens is 263 g/mol. The van der Waals surface area contributed by atoms with Crippen LogP contribution in [0.3, 0.4) is 0 Å². The number of carboxylic acids is 1. The molecule has 1 aliphatic heterocycles. The molecule has 2 atom stereocenters. The quantitative estimate of drug-likeness (QED) is 0.758. The van der Waals surface area contributed by atoms with Gasteiger partial charge in [-0.3, -0.25) is 0 Å². The van der Waals surface area contributed by atoms with Gasteiger partial charge in [-0.25, -0.2) is 0 Å². The topological polar surface area (TPSA) is 72.8 Å². The van der Waals surface area contributed by atoms with E-state index >= 15 is 0 Å². The van der Waals surface area contributed by atoms with Gasteiger partial charge in [0.15, 0.2) is 0 Å². The van der Waals surface area contributed by atoms with Crippen LogP contribution in [0.4, 0.5) is 4.79 Å². The van der Waals surface area contributed by atoms with E-state index in [1.807, 2.05) is 0 Å². The first-order valence-electron chi connectivity index (χ1n) is 4.80. The fraction of sp³-hybridized carbons (Fsp3) is 0.778. The average Bonchev–Trinajstić information content (AvgIpc) is 2.26. The Balaban J connectivity index is 2.55. The predicted octanol–water partition coefficient (Wildman–Crippen LogP) is 0.489. The van der Waals surface area contributed by atoms with Crippen molar-refractivity contribution in [1.82, 2.24) is 0 Å². The molecular formula is C9H15AsO5. The van der Waals surface area contributed by atoms with E-state index in [0.717, 1.165) is 12.8 Å². The second-order valence-electron chi connectivity index (χ2n) is 3.40. The number of carbonyl (C=O) groups is 2. The van der Waals surface area contributed by atoms with Crippen molar-refractivity contribution in [2.45, 2.75) is 17.5 Å². The molecule has 0 aliphatic carbocycles. The number of rotatable bonds is 4. The summed E-state index contributed by atoms with van der Waals surface area (Å²) in [6.45, 7) is 1.20. The molecule has 1 fully saturated rings. The molecule has 0 saturated carbocycles. The summed E-state index contributed by atoms with van der Waals surface area (Å²) in [5, 5.41) is 9.05. The van der Waals surface area contributed by atoms with Gasteiger partial charge in [-0.05, 0) is 0 Å². The number of hydrogen-bond acceptors (Lipinski definition) is 4. The number of methoxy groups -OCH3 is 1. The van der Waals surface area contributed by atoms with E-state index < -0.39 is 26.4 Å². The van der Waals surface area contributed by atoms with Gasteiger partial charge < -0.3 is 0 Å². The second kappa shape index (κ2) is 6.13. The number of ether oxygens (including phenoxy) is 2. The normalized spacial score (nSPS) is 20.3. The van der Waals surface area contributed by atoms with Crippen LogP contribution in [0.25, 0.3) is 0 Å². The van der Waals surface area contributed by atoms with Crippen LogP contribution in [-0.2, 0) is 14.3 Å². The molecule has 1 N–H and O–H groups in total. The van der Waals surface area contributed by atoms with Gasteiger partial charge in [-0.15, -0.1) is 0 Å². The molecule has 1 unspecified atom stereocenters. The van der Waals surface area contributed by atoms with Crippen LogP contribution in [0.5, 0.6) is 0 Å². The first-order valence-corrected chi connectivity index (χ1v) is 7.06. The Labute approximate surface area is 94.8 Å². The van der Waals surface area contributed by atoms with Crippen molar-refractivity contribution in [2.24, 2.45) is 5.92 Å². The van der Waals surface area contributed by atoms with Gasteiger partial charge in [-0.1, -0.05) is 0 Å². The molecule has 0 amide bonds. The number of hydrogen-bond donors (Lipinski definition) is 1. The van der Waals surface area contributed by atoms with Gasteiger partial charge in [0.1, 0.15) is 0 Å². The summed E-state index contributed by atoms with van der Waals surface area (Å²) in [4.78, 5) is 22.1. The average molecular weight is 278 g/mol. The summed E-state index contributed by atoms with van der Waals surface area (Å²) in [7, 11) is 1.30. The fourth-order valence-corrected chi connectivity index (χ4v) is 3.85. The molecule has 86 valence electrons. The van der Waals surface area contributed by atoms with Crippen molar-refractivity contribution in [3.05, 3.63) is 0 Å². The van der Waals surface area contributed by atoms with Gasteiger partial charge in [0, 0.05) is 0 Å².